The Morgan fingerprint density at radius 2 is 1.61 bits per heavy atom. The van der Waals surface area contributed by atoms with Gasteiger partial charge in [-0.15, -0.1) is 0 Å². The van der Waals surface area contributed by atoms with Crippen LogP contribution >= 0.6 is 0 Å². The highest BCUT2D eigenvalue weighted by molar-refractivity contribution is 6.74. The highest BCUT2D eigenvalue weighted by atomic mass is 28.4. The van der Waals surface area contributed by atoms with E-state index in [1.807, 2.05) is 75.4 Å². The lowest BCUT2D eigenvalue weighted by Crippen LogP contribution is -2.63. The molecular weight excluding hydrogens is 767 g/mol. The van der Waals surface area contributed by atoms with E-state index in [1.165, 1.54) is 0 Å². The first-order valence-electron chi connectivity index (χ1n) is 20.3. The van der Waals surface area contributed by atoms with Gasteiger partial charge < -0.3 is 39.1 Å². The van der Waals surface area contributed by atoms with Gasteiger partial charge in [0, 0.05) is 49.4 Å². The van der Waals surface area contributed by atoms with Gasteiger partial charge in [0.25, 0.3) is 5.91 Å². The second kappa shape index (κ2) is 17.9. The molecule has 0 bridgehead atoms. The van der Waals surface area contributed by atoms with Gasteiger partial charge in [-0.2, -0.15) is 0 Å². The maximum Gasteiger partial charge on any atom is 0.412 e. The fourth-order valence-corrected chi connectivity index (χ4v) is 8.45. The van der Waals surface area contributed by atoms with Gasteiger partial charge in [-0.3, -0.25) is 15.1 Å². The van der Waals surface area contributed by atoms with Crippen LogP contribution in [-0.2, 0) is 25.2 Å². The Hall–Kier alpha value is -5.25. The molecule has 6 rings (SSSR count). The molecular formula is C44H59N7O7Si. The van der Waals surface area contributed by atoms with Crippen LogP contribution in [0, 0.1) is 5.92 Å². The number of aromatic nitrogens is 2. The number of morpholine rings is 1. The molecule has 0 aliphatic carbocycles. The Kier molecular flexibility index (Phi) is 13.2. The molecule has 4 aromatic rings. The lowest BCUT2D eigenvalue weighted by Gasteiger charge is -2.48. The van der Waals surface area contributed by atoms with Gasteiger partial charge >= 0.3 is 12.2 Å². The molecule has 0 spiro atoms. The van der Waals surface area contributed by atoms with Crippen molar-refractivity contribution in [1.29, 1.82) is 0 Å². The Labute approximate surface area is 348 Å². The van der Waals surface area contributed by atoms with Crippen LogP contribution in [0.1, 0.15) is 64.5 Å². The Morgan fingerprint density at radius 3 is 2.31 bits per heavy atom. The number of carbonyl (C=O) groups excluding carboxylic acids is 3. The second-order valence-electron chi connectivity index (χ2n) is 17.9. The molecule has 2 aliphatic rings. The number of alkyl carbamates (subject to hydrolysis) is 1. The van der Waals surface area contributed by atoms with Gasteiger partial charge in [-0.25, -0.2) is 14.6 Å². The maximum absolute atomic E-state index is 14.4. The van der Waals surface area contributed by atoms with Crippen LogP contribution in [0.3, 0.4) is 0 Å². The summed E-state index contributed by atoms with van der Waals surface area (Å²) in [4.78, 5) is 54.4. The molecule has 316 valence electrons. The first-order valence-corrected chi connectivity index (χ1v) is 23.2. The number of nitrogens with one attached hydrogen (secondary N) is 3. The van der Waals surface area contributed by atoms with Crippen molar-refractivity contribution in [2.45, 2.75) is 91.0 Å². The summed E-state index contributed by atoms with van der Waals surface area (Å²) in [5.41, 5.74) is 3.02. The molecule has 2 fully saturated rings. The van der Waals surface area contributed by atoms with Crippen LogP contribution in [0.2, 0.25) is 18.1 Å². The number of hydrogen-bond acceptors (Lipinski definition) is 11. The summed E-state index contributed by atoms with van der Waals surface area (Å²) < 4.78 is 23.8. The Morgan fingerprint density at radius 1 is 0.881 bits per heavy atom. The summed E-state index contributed by atoms with van der Waals surface area (Å²) in [6.45, 7) is 22.4. The number of hydrogen-bond donors (Lipinski definition) is 3. The third kappa shape index (κ3) is 11.1. The molecule has 4 heterocycles. The van der Waals surface area contributed by atoms with Crippen LogP contribution in [0.25, 0.3) is 10.9 Å². The summed E-state index contributed by atoms with van der Waals surface area (Å²) in [6, 6.07) is 18.4. The average molecular weight is 826 g/mol. The molecule has 3 amide bonds. The molecule has 3 atom stereocenters. The first-order chi connectivity index (χ1) is 27.9. The van der Waals surface area contributed by atoms with Crippen molar-refractivity contribution >= 4 is 60.1 Å². The van der Waals surface area contributed by atoms with Crippen molar-refractivity contribution in [2.75, 3.05) is 59.8 Å². The number of benzene rings is 2. The number of fused-ring (bicyclic) bond motifs is 1. The van der Waals surface area contributed by atoms with Crippen LogP contribution in [0.4, 0.5) is 32.3 Å². The third-order valence-electron chi connectivity index (χ3n) is 11.1. The number of amides is 3. The van der Waals surface area contributed by atoms with Gasteiger partial charge in [0.2, 0.25) is 0 Å². The molecule has 3 N–H and O–H groups in total. The fraction of sp³-hybridized carbons (Fsp3) is 0.477. The van der Waals surface area contributed by atoms with Crippen molar-refractivity contribution in [3.05, 3.63) is 84.3 Å². The van der Waals surface area contributed by atoms with E-state index in [0.717, 1.165) is 29.7 Å². The van der Waals surface area contributed by atoms with E-state index in [1.54, 1.807) is 18.5 Å². The number of anilines is 4. The normalized spacial score (nSPS) is 18.9. The lowest BCUT2D eigenvalue weighted by molar-refractivity contribution is 0.0336. The van der Waals surface area contributed by atoms with Gasteiger partial charge in [-0.05, 0) is 68.7 Å². The van der Waals surface area contributed by atoms with E-state index in [4.69, 9.17) is 23.6 Å². The van der Waals surface area contributed by atoms with Crippen LogP contribution in [0.5, 0.6) is 0 Å². The summed E-state index contributed by atoms with van der Waals surface area (Å²) in [5, 5.41) is 9.64. The quantitative estimate of drug-likeness (QED) is 0.133. The number of rotatable bonds is 10. The van der Waals surface area contributed by atoms with Crippen molar-refractivity contribution in [2.24, 2.45) is 5.92 Å². The molecule has 0 radical (unpaired) electrons. The molecule has 15 heteroatoms. The van der Waals surface area contributed by atoms with E-state index in [9.17, 15) is 14.4 Å². The SMILES string of the molecule is CC1CN(c2ccncc2NC(=O)c2nc3cc(N4CCOCC4)ccc3cc2NC(=O)OCc2ccccc2)CC(NC(=O)OC(C)(C)C)C1O[Si](C)(C)C(C)(C)C. The molecule has 3 unspecified atom stereocenters. The number of piperidine rings is 1. The van der Waals surface area contributed by atoms with Crippen molar-refractivity contribution < 1.29 is 33.0 Å². The van der Waals surface area contributed by atoms with E-state index in [2.05, 4.69) is 71.5 Å². The molecule has 2 saturated heterocycles. The smallest absolute Gasteiger partial charge is 0.412 e. The van der Waals surface area contributed by atoms with Crippen molar-refractivity contribution in [3.63, 3.8) is 0 Å². The molecule has 14 nitrogen and oxygen atoms in total. The van der Waals surface area contributed by atoms with Crippen LogP contribution < -0.4 is 25.8 Å². The zero-order valence-corrected chi connectivity index (χ0v) is 36.8. The molecule has 0 saturated carbocycles. The highest BCUT2D eigenvalue weighted by Gasteiger charge is 2.45. The standard InChI is InChI=1S/C44H59N7O7Si/c1-29-26-51(27-36(49-42(54)57-43(2,3)4)39(29)58-59(8,9)44(5,6)7)37-17-18-45-25-35(37)47-40(52)38-34(48-41(53)56-28-30-13-11-10-12-14-30)23-31-15-16-32(24-33(31)46-38)50-19-21-55-22-20-50/h10-18,23-25,29,36,39H,19-22,26-28H2,1-9H3,(H,47,52)(H,48,53)(H,49,54). The van der Waals surface area contributed by atoms with Crippen molar-refractivity contribution in [1.82, 2.24) is 15.3 Å². The molecule has 59 heavy (non-hydrogen) atoms. The lowest BCUT2D eigenvalue weighted by atomic mass is 9.92. The average Bonchev–Trinajstić information content (AvgIpc) is 3.17. The molecule has 2 aromatic heterocycles. The maximum atomic E-state index is 14.4. The minimum Gasteiger partial charge on any atom is -0.444 e. The summed E-state index contributed by atoms with van der Waals surface area (Å²) in [6.07, 6.45) is 1.73. The second-order valence-corrected chi connectivity index (χ2v) is 22.6. The fourth-order valence-electron chi connectivity index (χ4n) is 7.01. The number of pyridine rings is 2. The van der Waals surface area contributed by atoms with E-state index in [0.29, 0.717) is 43.2 Å². The van der Waals surface area contributed by atoms with Gasteiger partial charge in [0.15, 0.2) is 14.0 Å². The first kappa shape index (κ1) is 43.3. The largest absolute Gasteiger partial charge is 0.444 e. The zero-order chi connectivity index (χ0) is 42.5. The van der Waals surface area contributed by atoms with E-state index in [-0.39, 0.29) is 35.0 Å². The van der Waals surface area contributed by atoms with Crippen LogP contribution in [0.15, 0.2) is 73.1 Å². The van der Waals surface area contributed by atoms with Crippen LogP contribution in [-0.4, -0.2) is 93.5 Å². The van der Waals surface area contributed by atoms with Crippen molar-refractivity contribution in [3.8, 4) is 0 Å². The molecule has 2 aliphatic heterocycles. The number of nitrogens with zero attached hydrogens (tertiary/aromatic N) is 4. The minimum atomic E-state index is -2.25. The topological polar surface area (TPSA) is 156 Å². The van der Waals surface area contributed by atoms with E-state index >= 15 is 0 Å². The predicted octanol–water partition coefficient (Wildman–Crippen LogP) is 8.21. The Balaban J connectivity index is 1.30. The van der Waals surface area contributed by atoms with Gasteiger partial charge in [0.05, 0.1) is 54.1 Å². The highest BCUT2D eigenvalue weighted by Crippen LogP contribution is 2.40. The predicted molar refractivity (Wildman–Crippen MR) is 234 cm³/mol. The number of carbonyl (C=O) groups is 3. The minimum absolute atomic E-state index is 0.00223. The zero-order valence-electron chi connectivity index (χ0n) is 35.8. The number of ether oxygens (including phenoxy) is 3. The van der Waals surface area contributed by atoms with Gasteiger partial charge in [-0.1, -0.05) is 64.1 Å². The summed E-state index contributed by atoms with van der Waals surface area (Å²) in [5.74, 6) is -0.570. The summed E-state index contributed by atoms with van der Waals surface area (Å²) >= 11 is 0. The summed E-state index contributed by atoms with van der Waals surface area (Å²) in [7, 11) is -2.25. The van der Waals surface area contributed by atoms with Gasteiger partial charge in [0.1, 0.15) is 12.2 Å². The molecule has 2 aromatic carbocycles. The monoisotopic (exact) mass is 825 g/mol. The Bertz CT molecular complexity index is 2120. The third-order valence-corrected chi connectivity index (χ3v) is 15.5. The van der Waals surface area contributed by atoms with E-state index < -0.39 is 38.1 Å².